The zero-order chi connectivity index (χ0) is 41.4. The first kappa shape index (κ1) is 53.2. The highest BCUT2D eigenvalue weighted by Gasteiger charge is 2.33. The molecule has 0 aromatic heterocycles. The van der Waals surface area contributed by atoms with E-state index in [0.717, 1.165) is 38.5 Å². The molecule has 3 amide bonds. The van der Waals surface area contributed by atoms with Gasteiger partial charge in [0.15, 0.2) is 0 Å². The highest BCUT2D eigenvalue weighted by Crippen LogP contribution is 2.27. The van der Waals surface area contributed by atoms with E-state index in [4.69, 9.17) is 45.0 Å². The summed E-state index contributed by atoms with van der Waals surface area (Å²) >= 11 is 0. The number of aliphatic carboxylic acids is 1. The number of carbonyl (C=O) groups is 5. The molecule has 0 aromatic carbocycles. The molecule has 0 aliphatic heterocycles. The number of amides is 3. The number of carboxylic acids is 1. The highest BCUT2D eigenvalue weighted by atomic mass is 16.5. The average molecular weight is 806 g/mol. The zero-order valence-corrected chi connectivity index (χ0v) is 34.2. The van der Waals surface area contributed by atoms with Gasteiger partial charge in [-0.1, -0.05) is 38.5 Å². The van der Waals surface area contributed by atoms with Gasteiger partial charge in [-0.3, -0.25) is 19.2 Å². The van der Waals surface area contributed by atoms with Crippen molar-refractivity contribution in [1.29, 1.82) is 0 Å². The lowest BCUT2D eigenvalue weighted by molar-refractivity contribution is -0.137. The zero-order valence-electron chi connectivity index (χ0n) is 34.2. The number of hydrogen-bond donors (Lipinski definition) is 6. The second-order valence-electron chi connectivity index (χ2n) is 13.7. The summed E-state index contributed by atoms with van der Waals surface area (Å²) in [5.41, 5.74) is 9.82. The van der Waals surface area contributed by atoms with E-state index in [-0.39, 0.29) is 62.0 Å². The summed E-state index contributed by atoms with van der Waals surface area (Å²) in [7, 11) is 0. The number of ketones is 1. The Balaban J connectivity index is 4.98. The Morgan fingerprint density at radius 1 is 0.464 bits per heavy atom. The van der Waals surface area contributed by atoms with Crippen molar-refractivity contribution in [2.75, 3.05) is 105 Å². The lowest BCUT2D eigenvalue weighted by atomic mass is 9.82. The van der Waals surface area contributed by atoms with Crippen LogP contribution in [0.4, 0.5) is 0 Å². The van der Waals surface area contributed by atoms with E-state index in [1.165, 1.54) is 6.92 Å². The number of Topliss-reactive ketones (excluding diaryl/α,β-unsaturated/α-hetero) is 1. The van der Waals surface area contributed by atoms with Crippen LogP contribution in [0.25, 0.3) is 0 Å². The van der Waals surface area contributed by atoms with Crippen molar-refractivity contribution in [1.82, 2.24) is 16.0 Å². The SMILES string of the molecule is CC(=O)CCC(CCC(=O)NCCOCCOCCOCCN)(CCC(=O)NCCOCCOCCOCCN)NC(=O)CCCCCCCCCCC(=O)O. The fourth-order valence-corrected chi connectivity index (χ4v) is 5.62. The van der Waals surface area contributed by atoms with Crippen LogP contribution in [0.1, 0.15) is 110 Å². The molecule has 0 spiro atoms. The van der Waals surface area contributed by atoms with Gasteiger partial charge >= 0.3 is 5.97 Å². The molecule has 0 bridgehead atoms. The van der Waals surface area contributed by atoms with Gasteiger partial charge in [0.05, 0.1) is 79.3 Å². The number of nitrogens with two attached hydrogens (primary N) is 2. The Bertz CT molecular complexity index is 966. The smallest absolute Gasteiger partial charge is 0.303 e. The van der Waals surface area contributed by atoms with Crippen LogP contribution in [0.5, 0.6) is 0 Å². The summed E-state index contributed by atoms with van der Waals surface area (Å²) < 4.78 is 32.4. The Morgan fingerprint density at radius 2 is 0.821 bits per heavy atom. The third kappa shape index (κ3) is 36.8. The molecule has 0 saturated heterocycles. The van der Waals surface area contributed by atoms with Crippen molar-refractivity contribution in [2.45, 2.75) is 115 Å². The molecule has 0 heterocycles. The first-order valence-corrected chi connectivity index (χ1v) is 20.6. The molecule has 0 fully saturated rings. The first-order chi connectivity index (χ1) is 27.1. The molecule has 56 heavy (non-hydrogen) atoms. The number of rotatable bonds is 43. The molecular formula is C39H75N5O12. The van der Waals surface area contributed by atoms with Crippen LogP contribution < -0.4 is 27.4 Å². The number of carbonyl (C=O) groups excluding carboxylic acids is 4. The van der Waals surface area contributed by atoms with Crippen LogP contribution in [0, 0.1) is 0 Å². The topological polar surface area (TPSA) is 249 Å². The predicted molar refractivity (Wildman–Crippen MR) is 212 cm³/mol. The van der Waals surface area contributed by atoms with Crippen LogP contribution in [-0.4, -0.2) is 146 Å². The van der Waals surface area contributed by atoms with Crippen molar-refractivity contribution in [3.8, 4) is 0 Å². The Morgan fingerprint density at radius 3 is 1.21 bits per heavy atom. The molecule has 0 rings (SSSR count). The minimum absolute atomic E-state index is 0.0473. The molecular weight excluding hydrogens is 730 g/mol. The predicted octanol–water partition coefficient (Wildman–Crippen LogP) is 2.01. The van der Waals surface area contributed by atoms with Crippen LogP contribution >= 0.6 is 0 Å². The van der Waals surface area contributed by atoms with E-state index in [1.54, 1.807) is 0 Å². The lowest BCUT2D eigenvalue weighted by Gasteiger charge is -2.35. The fourth-order valence-electron chi connectivity index (χ4n) is 5.62. The van der Waals surface area contributed by atoms with E-state index in [9.17, 15) is 24.0 Å². The fraction of sp³-hybridized carbons (Fsp3) is 0.872. The van der Waals surface area contributed by atoms with Gasteiger partial charge in [-0.2, -0.15) is 0 Å². The van der Waals surface area contributed by atoms with Gasteiger partial charge in [0.2, 0.25) is 17.7 Å². The van der Waals surface area contributed by atoms with Crippen molar-refractivity contribution in [2.24, 2.45) is 11.5 Å². The quantitative estimate of drug-likeness (QED) is 0.0483. The maximum Gasteiger partial charge on any atom is 0.303 e. The molecule has 8 N–H and O–H groups in total. The summed E-state index contributed by atoms with van der Waals surface area (Å²) in [5, 5.41) is 17.6. The van der Waals surface area contributed by atoms with Gasteiger partial charge in [-0.05, 0) is 39.0 Å². The Kier molecular flexibility index (Phi) is 37.1. The third-order valence-corrected chi connectivity index (χ3v) is 8.72. The van der Waals surface area contributed by atoms with Crippen LogP contribution in [-0.2, 0) is 52.4 Å². The van der Waals surface area contributed by atoms with E-state index >= 15 is 0 Å². The first-order valence-electron chi connectivity index (χ1n) is 20.6. The maximum atomic E-state index is 13.3. The van der Waals surface area contributed by atoms with E-state index in [1.807, 2.05) is 0 Å². The molecule has 0 atom stereocenters. The maximum absolute atomic E-state index is 13.3. The van der Waals surface area contributed by atoms with Crippen molar-refractivity contribution < 1.29 is 57.5 Å². The number of ether oxygens (including phenoxy) is 6. The van der Waals surface area contributed by atoms with Crippen LogP contribution in [0.15, 0.2) is 0 Å². The van der Waals surface area contributed by atoms with E-state index in [2.05, 4.69) is 16.0 Å². The van der Waals surface area contributed by atoms with Gasteiger partial charge in [-0.25, -0.2) is 0 Å². The minimum atomic E-state index is -0.934. The summed E-state index contributed by atoms with van der Waals surface area (Å²) in [6.07, 6.45) is 8.88. The molecule has 17 nitrogen and oxygen atoms in total. The summed E-state index contributed by atoms with van der Waals surface area (Å²) in [6, 6.07) is 0. The van der Waals surface area contributed by atoms with E-state index < -0.39 is 11.5 Å². The Hall–Kier alpha value is -2.77. The third-order valence-electron chi connectivity index (χ3n) is 8.72. The highest BCUT2D eigenvalue weighted by molar-refractivity contribution is 5.79. The van der Waals surface area contributed by atoms with Gasteiger partial charge in [0.1, 0.15) is 5.78 Å². The van der Waals surface area contributed by atoms with Crippen molar-refractivity contribution in [3.05, 3.63) is 0 Å². The standard InChI is InChI=1S/C39H75N5O12/c1-34(45)12-15-39(44-37(48)10-8-6-4-2-3-5-7-9-11-38(49)50,16-13-35(46)42-20-24-53-28-32-55-30-26-51-22-18-40)17-14-36(47)43-21-25-54-29-33-56-31-27-52-23-19-41/h2-33,40-41H2,1H3,(H,42,46)(H,43,47)(H,44,48)(H,49,50). The van der Waals surface area contributed by atoms with Gasteiger partial charge in [0, 0.05) is 63.8 Å². The lowest BCUT2D eigenvalue weighted by Crippen LogP contribution is -2.50. The van der Waals surface area contributed by atoms with Crippen LogP contribution in [0.3, 0.4) is 0 Å². The molecule has 0 aliphatic rings. The summed E-state index contributed by atoms with van der Waals surface area (Å²) in [6.45, 7) is 7.95. The van der Waals surface area contributed by atoms with Crippen molar-refractivity contribution in [3.63, 3.8) is 0 Å². The van der Waals surface area contributed by atoms with E-state index in [0.29, 0.717) is 131 Å². The summed E-state index contributed by atoms with van der Waals surface area (Å²) in [4.78, 5) is 61.9. The number of unbranched alkanes of at least 4 members (excludes halogenated alkanes) is 7. The molecule has 328 valence electrons. The Labute approximate surface area is 334 Å². The number of hydrogen-bond acceptors (Lipinski definition) is 13. The largest absolute Gasteiger partial charge is 0.481 e. The van der Waals surface area contributed by atoms with Gasteiger partial charge in [-0.15, -0.1) is 0 Å². The molecule has 0 aromatic rings. The number of nitrogens with one attached hydrogen (secondary N) is 3. The molecule has 0 radical (unpaired) electrons. The second-order valence-corrected chi connectivity index (χ2v) is 13.7. The minimum Gasteiger partial charge on any atom is -0.481 e. The van der Waals surface area contributed by atoms with Gasteiger partial charge < -0.3 is 65.7 Å². The van der Waals surface area contributed by atoms with Gasteiger partial charge in [0.25, 0.3) is 0 Å². The summed E-state index contributed by atoms with van der Waals surface area (Å²) in [5.74, 6) is -1.43. The second kappa shape index (κ2) is 39.1. The molecule has 0 aliphatic carbocycles. The van der Waals surface area contributed by atoms with Crippen molar-refractivity contribution >= 4 is 29.5 Å². The average Bonchev–Trinajstić information content (AvgIpc) is 3.17. The molecule has 0 saturated carbocycles. The molecule has 0 unspecified atom stereocenters. The normalized spacial score (nSPS) is 11.4. The molecule has 17 heteroatoms. The number of carboxylic acid groups (broad SMARTS) is 1. The monoisotopic (exact) mass is 806 g/mol. The van der Waals surface area contributed by atoms with Crippen LogP contribution in [0.2, 0.25) is 0 Å².